The van der Waals surface area contributed by atoms with Gasteiger partial charge in [0.05, 0.1) is 15.7 Å². The highest BCUT2D eigenvalue weighted by Gasteiger charge is 2.31. The van der Waals surface area contributed by atoms with Crippen LogP contribution in [0.15, 0.2) is 23.7 Å². The largest absolute Gasteiger partial charge is 0.365 e. The van der Waals surface area contributed by atoms with Crippen molar-refractivity contribution in [1.82, 2.24) is 10.3 Å². The van der Waals surface area contributed by atoms with Crippen molar-refractivity contribution in [3.63, 3.8) is 0 Å². The van der Waals surface area contributed by atoms with Crippen molar-refractivity contribution in [3.05, 3.63) is 23.7 Å². The van der Waals surface area contributed by atoms with E-state index in [1.54, 1.807) is 11.3 Å². The van der Waals surface area contributed by atoms with E-state index in [0.717, 1.165) is 18.6 Å². The molecule has 3 nitrogen and oxygen atoms in total. The molecule has 2 heterocycles. The minimum atomic E-state index is 0.561. The van der Waals surface area contributed by atoms with E-state index in [0.29, 0.717) is 23.9 Å². The van der Waals surface area contributed by atoms with Crippen molar-refractivity contribution in [2.75, 3.05) is 18.0 Å². The van der Waals surface area contributed by atoms with Crippen molar-refractivity contribution in [1.29, 1.82) is 0 Å². The van der Waals surface area contributed by atoms with Crippen LogP contribution in [0.2, 0.25) is 0 Å². The van der Waals surface area contributed by atoms with E-state index in [1.165, 1.54) is 10.4 Å². The maximum Gasteiger partial charge on any atom is 0.0813 e. The van der Waals surface area contributed by atoms with Gasteiger partial charge in [0.2, 0.25) is 0 Å². The number of anilines is 1. The zero-order valence-corrected chi connectivity index (χ0v) is 14.2. The van der Waals surface area contributed by atoms with Gasteiger partial charge in [-0.25, -0.2) is 4.98 Å². The average molecular weight is 303 g/mol. The van der Waals surface area contributed by atoms with E-state index >= 15 is 0 Å². The van der Waals surface area contributed by atoms with Crippen molar-refractivity contribution >= 4 is 27.2 Å². The van der Waals surface area contributed by atoms with Gasteiger partial charge >= 0.3 is 0 Å². The Kier molecular flexibility index (Phi) is 4.18. The van der Waals surface area contributed by atoms with Crippen LogP contribution in [-0.2, 0) is 0 Å². The number of rotatable bonds is 3. The Balaban J connectivity index is 1.93. The van der Waals surface area contributed by atoms with Crippen LogP contribution in [0.3, 0.4) is 0 Å². The van der Waals surface area contributed by atoms with Gasteiger partial charge in [-0.2, -0.15) is 0 Å². The highest BCUT2D eigenvalue weighted by atomic mass is 32.1. The normalized spacial score (nSPS) is 23.4. The van der Waals surface area contributed by atoms with E-state index in [9.17, 15) is 0 Å². The maximum atomic E-state index is 4.39. The average Bonchev–Trinajstić information content (AvgIpc) is 2.93. The molecule has 1 N–H and O–H groups in total. The molecule has 114 valence electrons. The lowest BCUT2D eigenvalue weighted by atomic mass is 9.93. The third kappa shape index (κ3) is 2.92. The van der Waals surface area contributed by atoms with E-state index < -0.39 is 0 Å². The second-order valence-corrected chi connectivity index (χ2v) is 7.61. The zero-order chi connectivity index (χ0) is 15.0. The molecule has 4 heteroatoms. The number of aromatic nitrogens is 1. The molecule has 0 aliphatic carbocycles. The quantitative estimate of drug-likeness (QED) is 0.936. The van der Waals surface area contributed by atoms with Crippen LogP contribution < -0.4 is 10.2 Å². The molecule has 1 aromatic heterocycles. The van der Waals surface area contributed by atoms with Gasteiger partial charge in [0.25, 0.3) is 0 Å². The maximum absolute atomic E-state index is 4.39. The third-order valence-corrected chi connectivity index (χ3v) is 5.40. The van der Waals surface area contributed by atoms with Crippen LogP contribution in [0.4, 0.5) is 5.69 Å². The van der Waals surface area contributed by atoms with Crippen LogP contribution in [-0.4, -0.2) is 30.2 Å². The number of fused-ring (bicyclic) bond motifs is 1. The van der Waals surface area contributed by atoms with Crippen molar-refractivity contribution in [2.24, 2.45) is 11.8 Å². The lowest BCUT2D eigenvalue weighted by molar-refractivity contribution is 0.295. The van der Waals surface area contributed by atoms with Gasteiger partial charge in [-0.1, -0.05) is 27.7 Å². The molecule has 1 fully saturated rings. The molecule has 2 atom stereocenters. The Morgan fingerprint density at radius 3 is 2.76 bits per heavy atom. The summed E-state index contributed by atoms with van der Waals surface area (Å²) >= 11 is 1.73. The molecule has 1 saturated heterocycles. The molecule has 21 heavy (non-hydrogen) atoms. The molecule has 0 saturated carbocycles. The van der Waals surface area contributed by atoms with Gasteiger partial charge in [-0.3, -0.25) is 0 Å². The number of nitrogens with zero attached hydrogens (tertiary/aromatic N) is 2. The fourth-order valence-corrected chi connectivity index (χ4v) is 3.87. The van der Waals surface area contributed by atoms with Crippen LogP contribution in [0.25, 0.3) is 10.2 Å². The molecular formula is C17H25N3S. The predicted octanol–water partition coefficient (Wildman–Crippen LogP) is 3.76. The van der Waals surface area contributed by atoms with Gasteiger partial charge in [-0.15, -0.1) is 11.3 Å². The molecule has 1 aliphatic rings. The molecule has 0 spiro atoms. The summed E-state index contributed by atoms with van der Waals surface area (Å²) in [5, 5.41) is 3.73. The van der Waals surface area contributed by atoms with Crippen LogP contribution >= 0.6 is 11.3 Å². The molecule has 2 aromatic rings. The number of hydrogen-bond donors (Lipinski definition) is 1. The number of benzene rings is 1. The first-order valence-electron chi connectivity index (χ1n) is 7.89. The highest BCUT2D eigenvalue weighted by Crippen LogP contribution is 2.29. The summed E-state index contributed by atoms with van der Waals surface area (Å²) in [5.41, 5.74) is 4.39. The Bertz CT molecular complexity index is 605. The summed E-state index contributed by atoms with van der Waals surface area (Å²) in [6.07, 6.45) is 0. The zero-order valence-electron chi connectivity index (χ0n) is 13.3. The van der Waals surface area contributed by atoms with Gasteiger partial charge in [0.15, 0.2) is 0 Å². The third-order valence-electron chi connectivity index (χ3n) is 4.60. The first-order valence-corrected chi connectivity index (χ1v) is 8.77. The van der Waals surface area contributed by atoms with Gasteiger partial charge in [0, 0.05) is 30.9 Å². The second kappa shape index (κ2) is 5.93. The minimum absolute atomic E-state index is 0.561. The van der Waals surface area contributed by atoms with E-state index in [-0.39, 0.29) is 0 Å². The molecule has 3 rings (SSSR count). The Morgan fingerprint density at radius 2 is 2.05 bits per heavy atom. The van der Waals surface area contributed by atoms with Gasteiger partial charge in [0.1, 0.15) is 0 Å². The molecule has 0 radical (unpaired) electrons. The lowest BCUT2D eigenvalue weighted by Gasteiger charge is -2.45. The predicted molar refractivity (Wildman–Crippen MR) is 92.2 cm³/mol. The monoisotopic (exact) mass is 303 g/mol. The standard InChI is InChI=1S/C17H25N3S/c1-11(2)15-9-20(16(8-18-15)12(3)4)13-5-6-14-17(7-13)21-10-19-14/h5-7,10-12,15-16,18H,8-9H2,1-4H3. The van der Waals surface area contributed by atoms with Gasteiger partial charge < -0.3 is 10.2 Å². The first-order chi connectivity index (χ1) is 10.1. The SMILES string of the molecule is CC(C)C1CN(c2ccc3ncsc3c2)C(C(C)C)CN1. The fraction of sp³-hybridized carbons (Fsp3) is 0.588. The lowest BCUT2D eigenvalue weighted by Crippen LogP contribution is -2.60. The number of nitrogens with one attached hydrogen (secondary N) is 1. The Labute approximate surface area is 131 Å². The summed E-state index contributed by atoms with van der Waals surface area (Å²) in [5.74, 6) is 1.30. The van der Waals surface area contributed by atoms with Gasteiger partial charge in [-0.05, 0) is 30.0 Å². The second-order valence-electron chi connectivity index (χ2n) is 6.73. The minimum Gasteiger partial charge on any atom is -0.365 e. The summed E-state index contributed by atoms with van der Waals surface area (Å²) in [6.45, 7) is 11.4. The van der Waals surface area contributed by atoms with Crippen LogP contribution in [0.5, 0.6) is 0 Å². The summed E-state index contributed by atoms with van der Waals surface area (Å²) in [6, 6.07) is 7.83. The van der Waals surface area contributed by atoms with Crippen molar-refractivity contribution < 1.29 is 0 Å². The molecule has 1 aromatic carbocycles. The summed E-state index contributed by atoms with van der Waals surface area (Å²) in [4.78, 5) is 6.99. The number of thiazole rings is 1. The van der Waals surface area contributed by atoms with E-state index in [2.05, 4.69) is 61.1 Å². The Morgan fingerprint density at radius 1 is 1.24 bits per heavy atom. The molecule has 2 unspecified atom stereocenters. The highest BCUT2D eigenvalue weighted by molar-refractivity contribution is 7.16. The molecular weight excluding hydrogens is 278 g/mol. The number of hydrogen-bond acceptors (Lipinski definition) is 4. The van der Waals surface area contributed by atoms with Crippen molar-refractivity contribution in [2.45, 2.75) is 39.8 Å². The summed E-state index contributed by atoms with van der Waals surface area (Å²) < 4.78 is 1.29. The first kappa shape index (κ1) is 14.8. The topological polar surface area (TPSA) is 28.2 Å². The molecule has 1 aliphatic heterocycles. The van der Waals surface area contributed by atoms with Crippen LogP contribution in [0, 0.1) is 11.8 Å². The fourth-order valence-electron chi connectivity index (χ4n) is 3.16. The van der Waals surface area contributed by atoms with Crippen LogP contribution in [0.1, 0.15) is 27.7 Å². The summed E-state index contributed by atoms with van der Waals surface area (Å²) in [7, 11) is 0. The Hall–Kier alpha value is -1.13. The number of piperazine rings is 1. The molecule has 0 bridgehead atoms. The van der Waals surface area contributed by atoms with E-state index in [4.69, 9.17) is 0 Å². The smallest absolute Gasteiger partial charge is 0.0813 e. The van der Waals surface area contributed by atoms with Crippen molar-refractivity contribution in [3.8, 4) is 0 Å². The molecule has 0 amide bonds. The van der Waals surface area contributed by atoms with E-state index in [1.807, 2.05) is 5.51 Å².